The van der Waals surface area contributed by atoms with E-state index in [0.29, 0.717) is 12.8 Å². The lowest BCUT2D eigenvalue weighted by Crippen LogP contribution is -2.68. The summed E-state index contributed by atoms with van der Waals surface area (Å²) in [6.07, 6.45) is 4.36. The van der Waals surface area contributed by atoms with Gasteiger partial charge >= 0.3 is 13.9 Å². The molecule has 2 saturated heterocycles. The van der Waals surface area contributed by atoms with Gasteiger partial charge in [0.15, 0.2) is 12.5 Å². The Labute approximate surface area is 188 Å². The lowest BCUT2D eigenvalue weighted by Gasteiger charge is -2.51. The average molecular weight is 480 g/mol. The Morgan fingerprint density at radius 2 is 1.41 bits per heavy atom. The fraction of sp³-hybridized carbons (Fsp3) is 0.950. The molecule has 3 rings (SSSR count). The molecule has 3 fully saturated rings. The normalized spacial score (nSPS) is 35.6. The number of carbonyl (C=O) groups is 1. The van der Waals surface area contributed by atoms with Crippen LogP contribution in [0.2, 0.25) is 0 Å². The summed E-state index contributed by atoms with van der Waals surface area (Å²) in [4.78, 5) is 32.5. The van der Waals surface area contributed by atoms with Crippen molar-refractivity contribution in [2.45, 2.75) is 120 Å². The Balaban J connectivity index is 1.86. The second kappa shape index (κ2) is 11.1. The summed E-state index contributed by atoms with van der Waals surface area (Å²) in [5, 5.41) is 33.7. The Bertz CT molecular complexity index is 661. The fourth-order valence-electron chi connectivity index (χ4n) is 5.28. The first-order chi connectivity index (χ1) is 15.1. The smallest absolute Gasteiger partial charge is 0.385 e. The number of carbonyl (C=O) groups excluding carboxylic acids is 1. The minimum Gasteiger partial charge on any atom is -0.385 e. The summed E-state index contributed by atoms with van der Waals surface area (Å²) < 4.78 is 21.2. The van der Waals surface area contributed by atoms with Gasteiger partial charge in [-0.25, -0.2) is 9.36 Å². The van der Waals surface area contributed by atoms with E-state index in [-0.39, 0.29) is 6.42 Å². The summed E-state index contributed by atoms with van der Waals surface area (Å²) >= 11 is 0. The van der Waals surface area contributed by atoms with Crippen LogP contribution in [0.1, 0.15) is 83.5 Å². The molecule has 2 heterocycles. The molecule has 11 nitrogen and oxygen atoms in total. The number of rotatable bonds is 3. The molecule has 1 saturated carbocycles. The van der Waals surface area contributed by atoms with E-state index in [1.54, 1.807) is 0 Å². The second-order valence-electron chi connectivity index (χ2n) is 9.27. The molecule has 12 heteroatoms. The molecule has 0 aromatic rings. The number of urea groups is 1. The highest BCUT2D eigenvalue weighted by atomic mass is 31.2. The number of ether oxygens (including phenoxy) is 1. The predicted molar refractivity (Wildman–Crippen MR) is 113 cm³/mol. The van der Waals surface area contributed by atoms with Gasteiger partial charge in [-0.15, -0.1) is 0 Å². The van der Waals surface area contributed by atoms with Crippen molar-refractivity contribution in [2.24, 2.45) is 0 Å². The lowest BCUT2D eigenvalue weighted by molar-refractivity contribution is -0.172. The zero-order valence-corrected chi connectivity index (χ0v) is 19.2. The first kappa shape index (κ1) is 25.8. The monoisotopic (exact) mass is 480 g/mol. The third-order valence-corrected chi connectivity index (χ3v) is 7.30. The van der Waals surface area contributed by atoms with Gasteiger partial charge in [0.2, 0.25) is 0 Å². The van der Waals surface area contributed by atoms with Crippen molar-refractivity contribution in [2.75, 3.05) is 0 Å². The minimum atomic E-state index is -5.00. The quantitative estimate of drug-likeness (QED) is 0.329. The average Bonchev–Trinajstić information content (AvgIpc) is 2.96. The molecule has 0 bridgehead atoms. The van der Waals surface area contributed by atoms with E-state index >= 15 is 0 Å². The number of nitrogens with one attached hydrogen (secondary N) is 1. The standard InChI is InChI=1S/C20H37N2O9P/c23-14-13-20(11-9-7-5-3-1-2-4-6-8-10-12-20)22(19(26)21-14)17-15(24)16(25)18(30-17)31-32(27,28)29/h14-18,23-25H,1-13H2,(H,21,26)(H2,27,28,29). The highest BCUT2D eigenvalue weighted by Gasteiger charge is 2.56. The van der Waals surface area contributed by atoms with Gasteiger partial charge in [0.25, 0.3) is 0 Å². The van der Waals surface area contributed by atoms with Crippen molar-refractivity contribution in [1.29, 1.82) is 0 Å². The summed E-state index contributed by atoms with van der Waals surface area (Å²) in [5.41, 5.74) is -0.821. The van der Waals surface area contributed by atoms with Gasteiger partial charge in [0.1, 0.15) is 18.4 Å². The van der Waals surface area contributed by atoms with Gasteiger partial charge in [-0.05, 0) is 12.8 Å². The number of aliphatic hydroxyl groups is 3. The van der Waals surface area contributed by atoms with E-state index in [4.69, 9.17) is 14.5 Å². The number of phosphoric ester groups is 1. The Morgan fingerprint density at radius 1 is 0.906 bits per heavy atom. The summed E-state index contributed by atoms with van der Waals surface area (Å²) in [6.45, 7) is 0. The van der Waals surface area contributed by atoms with E-state index < -0.39 is 50.3 Å². The van der Waals surface area contributed by atoms with Gasteiger partial charge in [-0.1, -0.05) is 64.2 Å². The van der Waals surface area contributed by atoms with Gasteiger partial charge in [-0.2, -0.15) is 0 Å². The zero-order valence-electron chi connectivity index (χ0n) is 18.3. The molecule has 3 aliphatic rings. The predicted octanol–water partition coefficient (Wildman–Crippen LogP) is 1.67. The van der Waals surface area contributed by atoms with Gasteiger partial charge < -0.3 is 35.2 Å². The number of hydrogen-bond acceptors (Lipinski definition) is 7. The molecule has 0 radical (unpaired) electrons. The number of hydrogen-bond donors (Lipinski definition) is 6. The van der Waals surface area contributed by atoms with Gasteiger partial charge in [-0.3, -0.25) is 9.42 Å². The third kappa shape index (κ3) is 6.42. The van der Waals surface area contributed by atoms with Crippen LogP contribution in [0.4, 0.5) is 4.79 Å². The topological polar surface area (TPSA) is 169 Å². The largest absolute Gasteiger partial charge is 0.472 e. The molecule has 2 amide bonds. The summed E-state index contributed by atoms with van der Waals surface area (Å²) in [7, 11) is -5.00. The maximum atomic E-state index is 13.0. The van der Waals surface area contributed by atoms with Crippen LogP contribution in [0, 0.1) is 0 Å². The van der Waals surface area contributed by atoms with Crippen molar-refractivity contribution in [1.82, 2.24) is 10.2 Å². The maximum absolute atomic E-state index is 13.0. The molecule has 5 unspecified atom stereocenters. The summed E-state index contributed by atoms with van der Waals surface area (Å²) in [6, 6.07) is -0.652. The molecule has 6 N–H and O–H groups in total. The van der Waals surface area contributed by atoms with Crippen molar-refractivity contribution in [3.05, 3.63) is 0 Å². The second-order valence-corrected chi connectivity index (χ2v) is 10.5. The number of nitrogens with zero attached hydrogens (tertiary/aromatic N) is 1. The van der Waals surface area contributed by atoms with Crippen molar-refractivity contribution >= 4 is 13.9 Å². The Hall–Kier alpha value is -0.780. The van der Waals surface area contributed by atoms with Crippen molar-refractivity contribution in [3.63, 3.8) is 0 Å². The summed E-state index contributed by atoms with van der Waals surface area (Å²) in [5.74, 6) is 0. The van der Waals surface area contributed by atoms with E-state index in [9.17, 15) is 24.7 Å². The zero-order chi connectivity index (χ0) is 23.4. The number of phosphoric acid groups is 1. The molecule has 186 valence electrons. The van der Waals surface area contributed by atoms with E-state index in [1.807, 2.05) is 0 Å². The Kier molecular flexibility index (Phi) is 8.96. The SMILES string of the molecule is O=C1NC(O)CC2(CCCCCCCCCCCC2)N1C1OC(OP(=O)(O)O)C(O)C1O. The molecule has 1 aliphatic carbocycles. The molecule has 32 heavy (non-hydrogen) atoms. The molecule has 0 aromatic carbocycles. The van der Waals surface area contributed by atoms with Crippen LogP contribution in [-0.2, 0) is 13.8 Å². The number of amides is 2. The van der Waals surface area contributed by atoms with Crippen LogP contribution in [-0.4, -0.2) is 72.5 Å². The fourth-order valence-corrected chi connectivity index (χ4v) is 5.72. The number of aliphatic hydroxyl groups excluding tert-OH is 3. The van der Waals surface area contributed by atoms with Crippen molar-refractivity contribution in [3.8, 4) is 0 Å². The van der Waals surface area contributed by atoms with Crippen LogP contribution in [0.3, 0.4) is 0 Å². The molecule has 0 aromatic heterocycles. The first-order valence-electron chi connectivity index (χ1n) is 11.7. The van der Waals surface area contributed by atoms with Crippen LogP contribution < -0.4 is 5.32 Å². The van der Waals surface area contributed by atoms with E-state index in [0.717, 1.165) is 51.4 Å². The third-order valence-electron chi connectivity index (χ3n) is 6.82. The Morgan fingerprint density at radius 3 is 1.91 bits per heavy atom. The highest BCUT2D eigenvalue weighted by molar-refractivity contribution is 7.46. The molecule has 1 spiro atoms. The van der Waals surface area contributed by atoms with Crippen LogP contribution in [0.25, 0.3) is 0 Å². The minimum absolute atomic E-state index is 0.228. The van der Waals surface area contributed by atoms with Crippen molar-refractivity contribution < 1.29 is 43.7 Å². The highest BCUT2D eigenvalue weighted by Crippen LogP contribution is 2.45. The van der Waals surface area contributed by atoms with Gasteiger partial charge in [0.05, 0.1) is 5.54 Å². The van der Waals surface area contributed by atoms with Crippen LogP contribution >= 0.6 is 7.82 Å². The maximum Gasteiger partial charge on any atom is 0.472 e. The molecule has 2 aliphatic heterocycles. The van der Waals surface area contributed by atoms with Gasteiger partial charge in [0, 0.05) is 6.42 Å². The van der Waals surface area contributed by atoms with E-state index in [2.05, 4.69) is 9.84 Å². The van der Waals surface area contributed by atoms with E-state index in [1.165, 1.54) is 17.7 Å². The van der Waals surface area contributed by atoms with Crippen LogP contribution in [0.15, 0.2) is 0 Å². The van der Waals surface area contributed by atoms with Crippen LogP contribution in [0.5, 0.6) is 0 Å². The molecular formula is C20H37N2O9P. The first-order valence-corrected chi connectivity index (χ1v) is 13.2. The molecule has 5 atom stereocenters. The molecular weight excluding hydrogens is 443 g/mol. The lowest BCUT2D eigenvalue weighted by atomic mass is 9.79.